The van der Waals surface area contributed by atoms with Gasteiger partial charge in [0.25, 0.3) is 0 Å². The van der Waals surface area contributed by atoms with Crippen LogP contribution < -0.4 is 11.4 Å². The van der Waals surface area contributed by atoms with Gasteiger partial charge >= 0.3 is 15.1 Å². The fourth-order valence-corrected chi connectivity index (χ4v) is 8.08. The predicted molar refractivity (Wildman–Crippen MR) is 183 cm³/mol. The Balaban J connectivity index is 1.26. The minimum Gasteiger partial charge on any atom is -0.577 e. The molecule has 0 bridgehead atoms. The Kier molecular flexibility index (Phi) is 5.96. The van der Waals surface area contributed by atoms with Crippen molar-refractivity contribution in [1.29, 1.82) is 0 Å². The zero-order valence-corrected chi connectivity index (χ0v) is 25.3. The third-order valence-electron chi connectivity index (χ3n) is 8.75. The van der Waals surface area contributed by atoms with Crippen molar-refractivity contribution in [3.8, 4) is 45.3 Å². The third kappa shape index (κ3) is 4.21. The van der Waals surface area contributed by atoms with E-state index in [4.69, 9.17) is 11.4 Å². The van der Waals surface area contributed by atoms with Crippen LogP contribution in [0.5, 0.6) is 23.0 Å². The van der Waals surface area contributed by atoms with E-state index in [0.29, 0.717) is 5.75 Å². The summed E-state index contributed by atoms with van der Waals surface area (Å²) in [5.41, 5.74) is 3.54. The van der Waals surface area contributed by atoms with Gasteiger partial charge in [0.2, 0.25) is 0 Å². The fraction of sp³-hybridized carbons (Fsp3) is 0. The second kappa shape index (κ2) is 10.3. The molecule has 0 saturated carbocycles. The molecule has 0 atom stereocenters. The van der Waals surface area contributed by atoms with Crippen LogP contribution in [-0.4, -0.2) is 20.3 Å². The average molecular weight is 597 g/mol. The van der Waals surface area contributed by atoms with E-state index in [0.717, 1.165) is 76.8 Å². The molecule has 8 aromatic rings. The van der Waals surface area contributed by atoms with E-state index >= 15 is 0 Å². The number of phenolic OH excluding ortho intramolecular Hbond substituents is 1. The summed E-state index contributed by atoms with van der Waals surface area (Å²) >= 11 is -2.92. The summed E-state index contributed by atoms with van der Waals surface area (Å²) in [5.74, 6) is 2.25. The lowest BCUT2D eigenvalue weighted by molar-refractivity contribution is 0.313. The highest BCUT2D eigenvalue weighted by atomic mass is 27.3. The van der Waals surface area contributed by atoms with Crippen LogP contribution in [0.3, 0.4) is 0 Å². The second-order valence-electron chi connectivity index (χ2n) is 11.3. The van der Waals surface area contributed by atoms with Gasteiger partial charge in [-0.15, -0.1) is 0 Å². The van der Waals surface area contributed by atoms with Crippen molar-refractivity contribution in [2.24, 2.45) is 0 Å². The number of rotatable bonds is 3. The lowest BCUT2D eigenvalue weighted by Crippen LogP contribution is -2.36. The molecule has 0 spiro atoms. The first-order valence-corrected chi connectivity index (χ1v) is 16.4. The smallest absolute Gasteiger partial charge is 0.577 e. The average Bonchev–Trinajstić information content (AvgIpc) is 3.25. The molecule has 5 heteroatoms. The Morgan fingerprint density at radius 1 is 0.400 bits per heavy atom. The number of aromatic hydroxyl groups is 1. The maximum absolute atomic E-state index is 11.4. The van der Waals surface area contributed by atoms with Crippen LogP contribution in [0.15, 0.2) is 146 Å². The molecule has 1 aliphatic rings. The van der Waals surface area contributed by atoms with Crippen LogP contribution in [-0.2, 0) is 0 Å². The van der Waals surface area contributed by atoms with E-state index in [1.807, 2.05) is 60.7 Å². The molecule has 45 heavy (non-hydrogen) atoms. The summed E-state index contributed by atoms with van der Waals surface area (Å²) < 4.78 is 20.4. The maximum Gasteiger partial charge on any atom is 1.20 e. The molecule has 0 saturated heterocycles. The number of hydrogen-bond acceptors (Lipinski definition) is 4. The molecule has 9 rings (SSSR count). The van der Waals surface area contributed by atoms with Crippen LogP contribution >= 0.6 is 0 Å². The van der Waals surface area contributed by atoms with Crippen LogP contribution in [0.25, 0.3) is 65.3 Å². The lowest BCUT2D eigenvalue weighted by Gasteiger charge is -2.20. The van der Waals surface area contributed by atoms with Gasteiger partial charge in [-0.2, -0.15) is 0 Å². The molecule has 8 aromatic carbocycles. The van der Waals surface area contributed by atoms with E-state index in [2.05, 4.69) is 78.9 Å². The van der Waals surface area contributed by atoms with Crippen LogP contribution in [0.4, 0.5) is 0 Å². The van der Waals surface area contributed by atoms with Crippen molar-refractivity contribution in [2.45, 2.75) is 0 Å². The number of hydrogen-bond donors (Lipinski definition) is 1. The standard InChI is InChI=1S/2C20H14O2.Al/c2*21-17-11-9-13-5-1-3-7-15(13)19(17)20-16-8-4-2-6-14(16)10-12-18(20)22;/h2*1-12,21-22H;/q;;+3/p-3. The van der Waals surface area contributed by atoms with E-state index in [-0.39, 0.29) is 5.75 Å². The maximum atomic E-state index is 11.4. The van der Waals surface area contributed by atoms with Crippen molar-refractivity contribution in [3.05, 3.63) is 146 Å². The topological polar surface area (TPSA) is 47.9 Å². The minimum atomic E-state index is -2.92. The summed E-state index contributed by atoms with van der Waals surface area (Å²) in [6.07, 6.45) is 0. The Morgan fingerprint density at radius 2 is 0.800 bits per heavy atom. The first-order chi connectivity index (χ1) is 22.2. The first kappa shape index (κ1) is 26.0. The molecule has 0 amide bonds. The van der Waals surface area contributed by atoms with E-state index in [9.17, 15) is 5.11 Å². The van der Waals surface area contributed by atoms with Crippen LogP contribution in [0.1, 0.15) is 0 Å². The molecule has 1 heterocycles. The highest BCUT2D eigenvalue weighted by Gasteiger charge is 2.48. The molecule has 4 nitrogen and oxygen atoms in total. The van der Waals surface area contributed by atoms with Gasteiger partial charge < -0.3 is 16.5 Å². The highest BCUT2D eigenvalue weighted by Crippen LogP contribution is 2.49. The molecule has 0 fully saturated rings. The molecule has 0 aliphatic carbocycles. The number of fused-ring (bicyclic) bond motifs is 9. The normalized spacial score (nSPS) is 12.4. The molecule has 0 unspecified atom stereocenters. The zero-order chi connectivity index (χ0) is 29.9. The fourth-order valence-electron chi connectivity index (χ4n) is 6.73. The second-order valence-corrected chi connectivity index (χ2v) is 12.6. The molecular weight excluding hydrogens is 571 g/mol. The highest BCUT2D eigenvalue weighted by molar-refractivity contribution is 6.41. The van der Waals surface area contributed by atoms with Gasteiger partial charge in [0.1, 0.15) is 5.75 Å². The molecule has 0 radical (unpaired) electrons. The summed E-state index contributed by atoms with van der Waals surface area (Å²) in [4.78, 5) is 0. The van der Waals surface area contributed by atoms with Gasteiger partial charge in [0.05, 0.1) is 17.2 Å². The summed E-state index contributed by atoms with van der Waals surface area (Å²) in [6.45, 7) is 0. The van der Waals surface area contributed by atoms with Gasteiger partial charge in [0.15, 0.2) is 0 Å². The molecule has 212 valence electrons. The first-order valence-electron chi connectivity index (χ1n) is 15.0. The molecular formula is C40H25AlO4. The third-order valence-corrected chi connectivity index (χ3v) is 10.1. The van der Waals surface area contributed by atoms with Crippen LogP contribution in [0.2, 0.25) is 0 Å². The van der Waals surface area contributed by atoms with Gasteiger partial charge in [0, 0.05) is 22.3 Å². The van der Waals surface area contributed by atoms with Gasteiger partial charge in [-0.3, -0.25) is 0 Å². The monoisotopic (exact) mass is 596 g/mol. The van der Waals surface area contributed by atoms with Crippen molar-refractivity contribution in [3.63, 3.8) is 0 Å². The summed E-state index contributed by atoms with van der Waals surface area (Å²) in [6, 6.07) is 48.9. The Labute approximate surface area is 264 Å². The predicted octanol–water partition coefficient (Wildman–Crippen LogP) is 10.2. The zero-order valence-electron chi connectivity index (χ0n) is 24.1. The van der Waals surface area contributed by atoms with Gasteiger partial charge in [-0.25, -0.2) is 0 Å². The van der Waals surface area contributed by atoms with Crippen molar-refractivity contribution in [1.82, 2.24) is 0 Å². The summed E-state index contributed by atoms with van der Waals surface area (Å²) in [7, 11) is 0. The van der Waals surface area contributed by atoms with E-state index in [1.165, 1.54) is 0 Å². The van der Waals surface area contributed by atoms with Crippen molar-refractivity contribution in [2.75, 3.05) is 0 Å². The Hall–Kier alpha value is -5.47. The van der Waals surface area contributed by atoms with E-state index < -0.39 is 15.1 Å². The molecule has 0 aromatic heterocycles. The van der Waals surface area contributed by atoms with Crippen molar-refractivity contribution < 1.29 is 16.5 Å². The van der Waals surface area contributed by atoms with Crippen molar-refractivity contribution >= 4 is 58.2 Å². The number of phenols is 1. The largest absolute Gasteiger partial charge is 1.20 e. The lowest BCUT2D eigenvalue weighted by atomic mass is 9.92. The summed E-state index contributed by atoms with van der Waals surface area (Å²) in [5, 5.41) is 19.8. The SMILES string of the molecule is Oc1ccc2ccccc2c1-c1c([O][Al]2[O]c3ccc4ccccc4c3-c3c(ccc4ccccc34)[O]2)ccc2ccccc12. The number of benzene rings is 8. The molecule has 1 aliphatic heterocycles. The van der Waals surface area contributed by atoms with Gasteiger partial charge in [-0.05, 0) is 67.4 Å². The van der Waals surface area contributed by atoms with E-state index in [1.54, 1.807) is 6.07 Å². The quantitative estimate of drug-likeness (QED) is 0.206. The van der Waals surface area contributed by atoms with Gasteiger partial charge in [-0.1, -0.05) is 121 Å². The van der Waals surface area contributed by atoms with Crippen LogP contribution in [0, 0.1) is 0 Å². The molecule has 1 N–H and O–H groups in total. The Morgan fingerprint density at radius 3 is 1.31 bits per heavy atom. The minimum absolute atomic E-state index is 0.188. The Bertz CT molecular complexity index is 2360.